The van der Waals surface area contributed by atoms with Gasteiger partial charge in [0.2, 0.25) is 0 Å². The molecule has 0 spiro atoms. The molecule has 17 heavy (non-hydrogen) atoms. The van der Waals surface area contributed by atoms with E-state index < -0.39 is 43.6 Å². The summed E-state index contributed by atoms with van der Waals surface area (Å²) < 4.78 is 51.4. The summed E-state index contributed by atoms with van der Waals surface area (Å²) >= 11 is 0. The minimum atomic E-state index is -3.85. The van der Waals surface area contributed by atoms with Crippen molar-refractivity contribution < 1.29 is 17.2 Å². The van der Waals surface area contributed by atoms with Gasteiger partial charge in [-0.25, -0.2) is 17.2 Å². The second-order valence-electron chi connectivity index (χ2n) is 4.41. The standard InChI is InChI=1S/C11H13F2NO2S/c1-5-6(2)17(15,16)11-8(13)4-3-7(12)9(11)10(5)14/h3-6,10H,14H2,1-2H3. The second-order valence-corrected chi connectivity index (χ2v) is 6.65. The fraction of sp³-hybridized carbons (Fsp3) is 0.455. The van der Waals surface area contributed by atoms with Crippen LogP contribution in [-0.4, -0.2) is 13.7 Å². The maximum Gasteiger partial charge on any atom is 0.184 e. The summed E-state index contributed by atoms with van der Waals surface area (Å²) in [5, 5.41) is -0.818. The molecular weight excluding hydrogens is 248 g/mol. The van der Waals surface area contributed by atoms with Crippen LogP contribution in [0.25, 0.3) is 0 Å². The number of nitrogens with two attached hydrogens (primary N) is 1. The third-order valence-electron chi connectivity index (χ3n) is 3.51. The van der Waals surface area contributed by atoms with Gasteiger partial charge < -0.3 is 5.73 Å². The first-order chi connectivity index (χ1) is 7.78. The Kier molecular flexibility index (Phi) is 2.74. The first-order valence-electron chi connectivity index (χ1n) is 5.26. The highest BCUT2D eigenvalue weighted by molar-refractivity contribution is 7.92. The van der Waals surface area contributed by atoms with Crippen LogP contribution in [0.1, 0.15) is 25.5 Å². The zero-order valence-corrected chi connectivity index (χ0v) is 10.3. The molecule has 0 saturated carbocycles. The van der Waals surface area contributed by atoms with Crippen LogP contribution in [0.15, 0.2) is 17.0 Å². The number of halogens is 2. The van der Waals surface area contributed by atoms with Crippen LogP contribution in [0, 0.1) is 17.6 Å². The van der Waals surface area contributed by atoms with Gasteiger partial charge in [-0.3, -0.25) is 0 Å². The lowest BCUT2D eigenvalue weighted by atomic mass is 9.92. The van der Waals surface area contributed by atoms with Gasteiger partial charge in [-0.05, 0) is 25.0 Å². The number of hydrogen-bond acceptors (Lipinski definition) is 3. The van der Waals surface area contributed by atoms with E-state index in [1.54, 1.807) is 6.92 Å². The van der Waals surface area contributed by atoms with Crippen LogP contribution < -0.4 is 5.73 Å². The summed E-state index contributed by atoms with van der Waals surface area (Å²) in [5.41, 5.74) is 5.57. The predicted octanol–water partition coefficient (Wildman–Crippen LogP) is 1.78. The van der Waals surface area contributed by atoms with Crippen molar-refractivity contribution in [2.24, 2.45) is 11.7 Å². The van der Waals surface area contributed by atoms with E-state index in [0.717, 1.165) is 12.1 Å². The quantitative estimate of drug-likeness (QED) is 0.774. The van der Waals surface area contributed by atoms with E-state index in [0.29, 0.717) is 0 Å². The van der Waals surface area contributed by atoms with Crippen molar-refractivity contribution in [3.8, 4) is 0 Å². The van der Waals surface area contributed by atoms with Gasteiger partial charge in [-0.1, -0.05) is 6.92 Å². The first kappa shape index (κ1) is 12.4. The van der Waals surface area contributed by atoms with E-state index in [9.17, 15) is 17.2 Å². The van der Waals surface area contributed by atoms with Crippen LogP contribution in [0.2, 0.25) is 0 Å². The van der Waals surface area contributed by atoms with Crippen molar-refractivity contribution in [3.05, 3.63) is 29.3 Å². The minimum absolute atomic E-state index is 0.226. The Morgan fingerprint density at radius 3 is 2.29 bits per heavy atom. The van der Waals surface area contributed by atoms with Crippen molar-refractivity contribution in [2.75, 3.05) is 0 Å². The van der Waals surface area contributed by atoms with Gasteiger partial charge in [-0.2, -0.15) is 0 Å². The van der Waals surface area contributed by atoms with E-state index >= 15 is 0 Å². The Labute approximate surface area is 98.5 Å². The molecule has 2 rings (SSSR count). The van der Waals surface area contributed by atoms with Gasteiger partial charge in [0.25, 0.3) is 0 Å². The lowest BCUT2D eigenvalue weighted by Gasteiger charge is -2.33. The highest BCUT2D eigenvalue weighted by Crippen LogP contribution is 2.41. The minimum Gasteiger partial charge on any atom is -0.324 e. The van der Waals surface area contributed by atoms with Gasteiger partial charge in [0, 0.05) is 11.6 Å². The predicted molar refractivity (Wildman–Crippen MR) is 59.1 cm³/mol. The molecule has 1 heterocycles. The molecule has 1 aromatic carbocycles. The molecule has 0 fully saturated rings. The molecule has 2 N–H and O–H groups in total. The van der Waals surface area contributed by atoms with Gasteiger partial charge in [0.15, 0.2) is 9.84 Å². The molecule has 1 aromatic rings. The zero-order valence-electron chi connectivity index (χ0n) is 9.44. The third kappa shape index (κ3) is 1.58. The first-order valence-corrected chi connectivity index (χ1v) is 6.80. The van der Waals surface area contributed by atoms with Gasteiger partial charge in [0.1, 0.15) is 16.5 Å². The highest BCUT2D eigenvalue weighted by atomic mass is 32.2. The van der Waals surface area contributed by atoms with Crippen molar-refractivity contribution in [2.45, 2.75) is 30.0 Å². The average Bonchev–Trinajstić information content (AvgIpc) is 2.27. The number of sulfone groups is 1. The molecule has 0 aromatic heterocycles. The molecule has 0 radical (unpaired) electrons. The molecule has 3 nitrogen and oxygen atoms in total. The van der Waals surface area contributed by atoms with Crippen molar-refractivity contribution in [1.82, 2.24) is 0 Å². The van der Waals surface area contributed by atoms with E-state index in [1.807, 2.05) is 0 Å². The van der Waals surface area contributed by atoms with Gasteiger partial charge in [-0.15, -0.1) is 0 Å². The Morgan fingerprint density at radius 1 is 1.18 bits per heavy atom. The fourth-order valence-electron chi connectivity index (χ4n) is 2.17. The normalized spacial score (nSPS) is 31.0. The molecule has 3 atom stereocenters. The molecule has 1 aliphatic heterocycles. The highest BCUT2D eigenvalue weighted by Gasteiger charge is 2.43. The summed E-state index contributed by atoms with van der Waals surface area (Å²) in [6, 6.07) is 0.923. The lowest BCUT2D eigenvalue weighted by molar-refractivity contribution is 0.399. The van der Waals surface area contributed by atoms with Crippen molar-refractivity contribution in [1.29, 1.82) is 0 Å². The molecule has 0 saturated heterocycles. The van der Waals surface area contributed by atoms with E-state index in [4.69, 9.17) is 5.73 Å². The van der Waals surface area contributed by atoms with Crippen LogP contribution >= 0.6 is 0 Å². The maximum atomic E-state index is 13.6. The van der Waals surface area contributed by atoms with Gasteiger partial charge >= 0.3 is 0 Å². The largest absolute Gasteiger partial charge is 0.324 e. The zero-order chi connectivity index (χ0) is 13.0. The molecule has 1 aliphatic rings. The Bertz CT molecular complexity index is 571. The summed E-state index contributed by atoms with van der Waals surface area (Å²) in [5.74, 6) is -2.16. The second kappa shape index (κ2) is 3.74. The molecule has 94 valence electrons. The molecule has 0 amide bonds. The van der Waals surface area contributed by atoms with E-state index in [2.05, 4.69) is 0 Å². The van der Waals surface area contributed by atoms with E-state index in [1.165, 1.54) is 6.92 Å². The SMILES string of the molecule is CC1C(N)c2c(F)ccc(F)c2S(=O)(=O)C1C. The third-order valence-corrected chi connectivity index (χ3v) is 5.90. The van der Waals surface area contributed by atoms with Crippen LogP contribution in [-0.2, 0) is 9.84 Å². The smallest absolute Gasteiger partial charge is 0.184 e. The molecule has 0 aliphatic carbocycles. The van der Waals surface area contributed by atoms with Crippen molar-refractivity contribution >= 4 is 9.84 Å². The lowest BCUT2D eigenvalue weighted by Crippen LogP contribution is -2.40. The van der Waals surface area contributed by atoms with Crippen LogP contribution in [0.4, 0.5) is 8.78 Å². The van der Waals surface area contributed by atoms with E-state index in [-0.39, 0.29) is 5.56 Å². The Hall–Kier alpha value is -1.01. The van der Waals surface area contributed by atoms with Crippen LogP contribution in [0.3, 0.4) is 0 Å². The fourth-order valence-corrected chi connectivity index (χ4v) is 4.16. The topological polar surface area (TPSA) is 60.2 Å². The number of rotatable bonds is 0. The number of fused-ring (bicyclic) bond motifs is 1. The summed E-state index contributed by atoms with van der Waals surface area (Å²) in [6.45, 7) is 3.09. The Morgan fingerprint density at radius 2 is 1.71 bits per heavy atom. The average molecular weight is 261 g/mol. The maximum absolute atomic E-state index is 13.6. The van der Waals surface area contributed by atoms with Crippen molar-refractivity contribution in [3.63, 3.8) is 0 Å². The van der Waals surface area contributed by atoms with Gasteiger partial charge in [0.05, 0.1) is 5.25 Å². The molecule has 3 unspecified atom stereocenters. The number of hydrogen-bond donors (Lipinski definition) is 1. The Balaban J connectivity index is 2.87. The molecule has 6 heteroatoms. The molecular formula is C11H13F2NO2S. The van der Waals surface area contributed by atoms with Crippen LogP contribution in [0.5, 0.6) is 0 Å². The summed E-state index contributed by atoms with van der Waals surface area (Å²) in [6.07, 6.45) is 0. The molecule has 0 bridgehead atoms. The summed E-state index contributed by atoms with van der Waals surface area (Å²) in [7, 11) is -3.85. The number of benzene rings is 1. The summed E-state index contributed by atoms with van der Waals surface area (Å²) in [4.78, 5) is -0.574. The monoisotopic (exact) mass is 261 g/mol.